The van der Waals surface area contributed by atoms with E-state index in [1.54, 1.807) is 0 Å². The summed E-state index contributed by atoms with van der Waals surface area (Å²) in [4.78, 5) is 0. The Labute approximate surface area is 148 Å². The van der Waals surface area contributed by atoms with Gasteiger partial charge < -0.3 is 6.42 Å². The molecule has 0 nitrogen and oxygen atoms in total. The Bertz CT molecular complexity index is 330. The zero-order valence-electron chi connectivity index (χ0n) is 11.3. The third-order valence-electron chi connectivity index (χ3n) is 5.56. The summed E-state index contributed by atoms with van der Waals surface area (Å²) in [5, 5.41) is 0. The number of rotatable bonds is 1. The summed E-state index contributed by atoms with van der Waals surface area (Å²) >= 11 is 0. The van der Waals surface area contributed by atoms with Crippen molar-refractivity contribution in [2.45, 2.75) is 63.2 Å². The summed E-state index contributed by atoms with van der Waals surface area (Å²) in [7, 11) is 0. The zero-order valence-corrected chi connectivity index (χ0v) is 13.3. The predicted molar refractivity (Wildman–Crippen MR) is 65.3 cm³/mol. The normalized spacial score (nSPS) is 44.7. The van der Waals surface area contributed by atoms with E-state index in [0.29, 0.717) is 12.8 Å². The van der Waals surface area contributed by atoms with Gasteiger partial charge in [0.25, 0.3) is 5.92 Å². The molecule has 3 aliphatic carbocycles. The monoisotopic (exact) mass is 441 g/mol. The average molecular weight is 440 g/mol. The second-order valence-electron chi connectivity index (χ2n) is 6.54. The molecule has 0 aliphatic heterocycles. The van der Waals surface area contributed by atoms with Crippen LogP contribution < -0.4 is 0 Å². The van der Waals surface area contributed by atoms with Crippen LogP contribution in [0.15, 0.2) is 0 Å². The molecule has 5 unspecified atom stereocenters. The molecule has 3 aliphatic rings. The molecule has 0 bridgehead atoms. The van der Waals surface area contributed by atoms with Crippen LogP contribution in [0.2, 0.25) is 0 Å². The quantitative estimate of drug-likeness (QED) is 0.409. The van der Waals surface area contributed by atoms with E-state index in [4.69, 9.17) is 0 Å². The Balaban J connectivity index is 0.00000147. The third kappa shape index (κ3) is 2.91. The van der Waals surface area contributed by atoms with Gasteiger partial charge in [-0.1, -0.05) is 12.8 Å². The van der Waals surface area contributed by atoms with Gasteiger partial charge in [0, 0.05) is 44.1 Å². The second-order valence-corrected chi connectivity index (χ2v) is 6.54. The molecule has 0 spiro atoms. The molecule has 0 aromatic rings. The van der Waals surface area contributed by atoms with Crippen LogP contribution in [-0.4, -0.2) is 18.3 Å². The van der Waals surface area contributed by atoms with E-state index in [0.717, 1.165) is 25.7 Å². The molecule has 0 N–H and O–H groups in total. The Morgan fingerprint density at radius 2 is 1.55 bits per heavy atom. The fraction of sp³-hybridized carbons (Fsp3) is 0.933. The summed E-state index contributed by atoms with van der Waals surface area (Å²) in [5.74, 6) is -5.42. The predicted octanol–water partition coefficient (Wildman–Crippen LogP) is 4.74. The standard InChI is InChI=1S/C15H21F4.Dy/c16-12-7-6-10-8-11(9-4-2-1-3-5-9)15(18,19)13(10)14(12)17;/h1,9-14H,2-8H2;/q-1;. The molecular weight excluding hydrogens is 419 g/mol. The van der Waals surface area contributed by atoms with E-state index in [9.17, 15) is 17.6 Å². The van der Waals surface area contributed by atoms with Crippen LogP contribution in [0.25, 0.3) is 0 Å². The molecule has 0 heterocycles. The van der Waals surface area contributed by atoms with E-state index in [1.165, 1.54) is 0 Å². The molecule has 5 heteroatoms. The first-order chi connectivity index (χ1) is 9.01. The molecule has 20 heavy (non-hydrogen) atoms. The van der Waals surface area contributed by atoms with Gasteiger partial charge in [-0.2, -0.15) is 12.8 Å². The molecule has 0 aromatic heterocycles. The summed E-state index contributed by atoms with van der Waals surface area (Å²) in [5.41, 5.74) is 0. The van der Waals surface area contributed by atoms with Crippen molar-refractivity contribution in [3.8, 4) is 0 Å². The van der Waals surface area contributed by atoms with Crippen molar-refractivity contribution >= 4 is 0 Å². The first-order valence-electron chi connectivity index (χ1n) is 7.49. The van der Waals surface area contributed by atoms with Gasteiger partial charge in [-0.05, 0) is 31.1 Å². The Kier molecular flexibility index (Phi) is 5.75. The van der Waals surface area contributed by atoms with Crippen molar-refractivity contribution < 1.29 is 55.7 Å². The van der Waals surface area contributed by atoms with Crippen LogP contribution in [-0.2, 0) is 0 Å². The van der Waals surface area contributed by atoms with Gasteiger partial charge in [0.05, 0.1) is 5.92 Å². The van der Waals surface area contributed by atoms with E-state index in [2.05, 4.69) is 6.42 Å². The molecule has 3 saturated carbocycles. The molecule has 0 radical (unpaired) electrons. The molecule has 120 valence electrons. The minimum absolute atomic E-state index is 0. The number of hydrogen-bond acceptors (Lipinski definition) is 0. The summed E-state index contributed by atoms with van der Waals surface area (Å²) in [6, 6.07) is 0. The van der Waals surface area contributed by atoms with Gasteiger partial charge >= 0.3 is 0 Å². The molecule has 0 aromatic carbocycles. The van der Waals surface area contributed by atoms with Crippen molar-refractivity contribution in [2.24, 2.45) is 23.7 Å². The number of fused-ring (bicyclic) bond motifs is 1. The van der Waals surface area contributed by atoms with Gasteiger partial charge in [0.1, 0.15) is 12.3 Å². The maximum Gasteiger partial charge on any atom is 0.257 e. The summed E-state index contributed by atoms with van der Waals surface area (Å²) < 4.78 is 56.4. The van der Waals surface area contributed by atoms with Crippen molar-refractivity contribution in [1.82, 2.24) is 0 Å². The van der Waals surface area contributed by atoms with Crippen LogP contribution >= 0.6 is 0 Å². The minimum Gasteiger partial charge on any atom is -0.328 e. The molecule has 3 rings (SSSR count). The van der Waals surface area contributed by atoms with Crippen molar-refractivity contribution in [3.05, 3.63) is 6.42 Å². The minimum atomic E-state index is -3.02. The maximum atomic E-state index is 14.5. The van der Waals surface area contributed by atoms with Crippen molar-refractivity contribution in [3.63, 3.8) is 0 Å². The smallest absolute Gasteiger partial charge is 0.257 e. The van der Waals surface area contributed by atoms with Crippen LogP contribution in [0.4, 0.5) is 17.6 Å². The van der Waals surface area contributed by atoms with Gasteiger partial charge in [-0.25, -0.2) is 17.6 Å². The average Bonchev–Trinajstić information content (AvgIpc) is 2.67. The first kappa shape index (κ1) is 17.3. The Morgan fingerprint density at radius 1 is 0.900 bits per heavy atom. The van der Waals surface area contributed by atoms with Gasteiger partial charge in [-0.15, -0.1) is 0 Å². The topological polar surface area (TPSA) is 0 Å². The van der Waals surface area contributed by atoms with Crippen LogP contribution in [0.3, 0.4) is 0 Å². The maximum absolute atomic E-state index is 14.5. The second kappa shape index (κ2) is 6.63. The number of halogens is 4. The Hall–Kier alpha value is 0.993. The fourth-order valence-electron chi connectivity index (χ4n) is 4.58. The zero-order chi connectivity index (χ0) is 13.6. The van der Waals surface area contributed by atoms with Crippen LogP contribution in [0.5, 0.6) is 0 Å². The molecule has 0 saturated heterocycles. The van der Waals surface area contributed by atoms with E-state index >= 15 is 0 Å². The molecule has 5 atom stereocenters. The van der Waals surface area contributed by atoms with Crippen LogP contribution in [0.1, 0.15) is 44.9 Å². The van der Waals surface area contributed by atoms with Crippen molar-refractivity contribution in [2.75, 3.05) is 0 Å². The number of hydrogen-bond donors (Lipinski definition) is 0. The summed E-state index contributed by atoms with van der Waals surface area (Å²) in [6.45, 7) is 0. The Morgan fingerprint density at radius 3 is 2.20 bits per heavy atom. The SMILES string of the molecule is FC1CCC2CC(C3CC[CH-]CC3)C(F)(F)C2C1F.[Dy]. The largest absolute Gasteiger partial charge is 0.328 e. The van der Waals surface area contributed by atoms with Crippen molar-refractivity contribution in [1.29, 1.82) is 0 Å². The molecule has 3 fully saturated rings. The van der Waals surface area contributed by atoms with E-state index in [-0.39, 0.29) is 56.4 Å². The van der Waals surface area contributed by atoms with E-state index in [1.807, 2.05) is 0 Å². The molecular formula is C15H21DyF4-. The van der Waals surface area contributed by atoms with Gasteiger partial charge in [0.15, 0.2) is 0 Å². The number of alkyl halides is 4. The van der Waals surface area contributed by atoms with Crippen LogP contribution in [0, 0.1) is 68.3 Å². The van der Waals surface area contributed by atoms with Gasteiger partial charge in [0.2, 0.25) is 0 Å². The third-order valence-corrected chi connectivity index (χ3v) is 5.56. The fourth-order valence-corrected chi connectivity index (χ4v) is 4.58. The first-order valence-corrected chi connectivity index (χ1v) is 7.49. The van der Waals surface area contributed by atoms with E-state index < -0.39 is 30.1 Å². The molecule has 0 amide bonds. The van der Waals surface area contributed by atoms with Gasteiger partial charge in [-0.3, -0.25) is 0 Å². The summed E-state index contributed by atoms with van der Waals surface area (Å²) in [6.07, 6.45) is 2.78.